The number of benzene rings is 2. The van der Waals surface area contributed by atoms with Crippen molar-refractivity contribution in [2.45, 2.75) is 38.8 Å². The van der Waals surface area contributed by atoms with Crippen LogP contribution in [0.1, 0.15) is 36.5 Å². The number of para-hydroxylation sites is 1. The summed E-state index contributed by atoms with van der Waals surface area (Å²) in [6.07, 6.45) is 0.358. The molecule has 1 atom stereocenters. The van der Waals surface area contributed by atoms with E-state index in [-0.39, 0.29) is 12.0 Å². The highest BCUT2D eigenvalue weighted by atomic mass is 16.5. The molecule has 4 rings (SSSR count). The number of rotatable bonds is 4. The Morgan fingerprint density at radius 2 is 1.81 bits per heavy atom. The Hall–Kier alpha value is -2.33. The largest absolute Gasteiger partial charge is 0.480 e. The Morgan fingerprint density at radius 1 is 1.11 bits per heavy atom. The maximum atomic E-state index is 12.8. The second-order valence-corrected chi connectivity index (χ2v) is 8.07. The normalized spacial score (nSPS) is 19.8. The van der Waals surface area contributed by atoms with E-state index in [9.17, 15) is 4.79 Å². The average molecular weight is 365 g/mol. The molecule has 1 saturated heterocycles. The van der Waals surface area contributed by atoms with E-state index in [1.807, 2.05) is 23.1 Å². The molecular formula is C23H29N2O2+. The van der Waals surface area contributed by atoms with Gasteiger partial charge >= 0.3 is 0 Å². The van der Waals surface area contributed by atoms with E-state index < -0.39 is 0 Å². The first kappa shape index (κ1) is 18.1. The molecule has 27 heavy (non-hydrogen) atoms. The fourth-order valence-electron chi connectivity index (χ4n) is 4.05. The van der Waals surface area contributed by atoms with Crippen molar-refractivity contribution >= 4 is 5.91 Å². The quantitative estimate of drug-likeness (QED) is 0.900. The van der Waals surface area contributed by atoms with Gasteiger partial charge in [-0.3, -0.25) is 4.79 Å². The second-order valence-electron chi connectivity index (χ2n) is 8.07. The van der Waals surface area contributed by atoms with E-state index in [4.69, 9.17) is 4.74 Å². The number of hydrogen-bond donors (Lipinski definition) is 1. The van der Waals surface area contributed by atoms with Crippen LogP contribution in [0.2, 0.25) is 0 Å². The summed E-state index contributed by atoms with van der Waals surface area (Å²) >= 11 is 0. The number of quaternary nitrogens is 1. The summed E-state index contributed by atoms with van der Waals surface area (Å²) in [6.45, 7) is 9.11. The molecule has 2 aromatic carbocycles. The molecule has 2 aliphatic rings. The summed E-state index contributed by atoms with van der Waals surface area (Å²) in [5.74, 6) is 1.58. The molecule has 0 bridgehead atoms. The minimum Gasteiger partial charge on any atom is -0.480 e. The van der Waals surface area contributed by atoms with E-state index in [1.54, 1.807) is 4.90 Å². The minimum atomic E-state index is -0.340. The SMILES string of the molecule is CC(C)c1ccc(C[NH+]2CCN(C(=O)[C@@H]3Cc4ccccc4O3)CC2)cc1. The summed E-state index contributed by atoms with van der Waals surface area (Å²) < 4.78 is 5.88. The zero-order valence-electron chi connectivity index (χ0n) is 16.3. The van der Waals surface area contributed by atoms with Gasteiger partial charge in [0.1, 0.15) is 12.3 Å². The lowest BCUT2D eigenvalue weighted by Gasteiger charge is -2.33. The van der Waals surface area contributed by atoms with Crippen LogP contribution in [-0.4, -0.2) is 43.1 Å². The van der Waals surface area contributed by atoms with Gasteiger partial charge in [-0.1, -0.05) is 56.3 Å². The van der Waals surface area contributed by atoms with Gasteiger partial charge in [-0.05, 0) is 23.1 Å². The molecule has 142 valence electrons. The first-order valence-electron chi connectivity index (χ1n) is 10.1. The van der Waals surface area contributed by atoms with Crippen molar-refractivity contribution in [3.05, 3.63) is 65.2 Å². The zero-order valence-corrected chi connectivity index (χ0v) is 16.3. The minimum absolute atomic E-state index is 0.145. The Bertz CT molecular complexity index is 767. The summed E-state index contributed by atoms with van der Waals surface area (Å²) in [4.78, 5) is 16.4. The van der Waals surface area contributed by atoms with Crippen molar-refractivity contribution < 1.29 is 14.4 Å². The van der Waals surface area contributed by atoms with E-state index in [0.717, 1.165) is 44.0 Å². The molecule has 0 radical (unpaired) electrons. The molecule has 1 N–H and O–H groups in total. The van der Waals surface area contributed by atoms with Gasteiger partial charge < -0.3 is 14.5 Å². The number of nitrogens with one attached hydrogen (secondary N) is 1. The molecule has 0 aromatic heterocycles. The van der Waals surface area contributed by atoms with Gasteiger partial charge in [0.05, 0.1) is 26.2 Å². The van der Waals surface area contributed by atoms with Crippen LogP contribution < -0.4 is 9.64 Å². The van der Waals surface area contributed by atoms with Crippen LogP contribution in [0.15, 0.2) is 48.5 Å². The van der Waals surface area contributed by atoms with E-state index in [0.29, 0.717) is 12.3 Å². The molecule has 2 aliphatic heterocycles. The second kappa shape index (κ2) is 7.73. The summed E-state index contributed by atoms with van der Waals surface area (Å²) in [5, 5.41) is 0. The van der Waals surface area contributed by atoms with Crippen LogP contribution in [-0.2, 0) is 17.8 Å². The lowest BCUT2D eigenvalue weighted by Crippen LogP contribution is -3.13. The number of amides is 1. The first-order valence-corrected chi connectivity index (χ1v) is 10.1. The number of nitrogens with zero attached hydrogens (tertiary/aromatic N) is 1. The smallest absolute Gasteiger partial charge is 0.264 e. The monoisotopic (exact) mass is 365 g/mol. The van der Waals surface area contributed by atoms with Crippen LogP contribution in [0.4, 0.5) is 0 Å². The van der Waals surface area contributed by atoms with Gasteiger partial charge in [0.25, 0.3) is 5.91 Å². The highest BCUT2D eigenvalue weighted by Gasteiger charge is 2.34. The summed E-state index contributed by atoms with van der Waals surface area (Å²) in [7, 11) is 0. The first-order chi connectivity index (χ1) is 13.1. The molecule has 1 amide bonds. The number of ether oxygens (including phenoxy) is 1. The van der Waals surface area contributed by atoms with Gasteiger partial charge in [0, 0.05) is 12.0 Å². The fraction of sp³-hybridized carbons (Fsp3) is 0.435. The maximum absolute atomic E-state index is 12.8. The predicted molar refractivity (Wildman–Crippen MR) is 106 cm³/mol. The van der Waals surface area contributed by atoms with Gasteiger partial charge in [0.2, 0.25) is 0 Å². The molecule has 4 heteroatoms. The van der Waals surface area contributed by atoms with Gasteiger partial charge in [-0.25, -0.2) is 0 Å². The maximum Gasteiger partial charge on any atom is 0.264 e. The molecular weight excluding hydrogens is 336 g/mol. The molecule has 0 spiro atoms. The third-order valence-corrected chi connectivity index (χ3v) is 5.81. The lowest BCUT2D eigenvalue weighted by atomic mass is 10.0. The van der Waals surface area contributed by atoms with Crippen LogP contribution in [0.5, 0.6) is 5.75 Å². The molecule has 1 fully saturated rings. The number of hydrogen-bond acceptors (Lipinski definition) is 2. The lowest BCUT2D eigenvalue weighted by molar-refractivity contribution is -0.917. The molecule has 0 unspecified atom stereocenters. The molecule has 2 heterocycles. The molecule has 2 aromatic rings. The van der Waals surface area contributed by atoms with E-state index in [1.165, 1.54) is 11.1 Å². The van der Waals surface area contributed by atoms with Crippen molar-refractivity contribution in [3.63, 3.8) is 0 Å². The van der Waals surface area contributed by atoms with Crippen LogP contribution in [0, 0.1) is 0 Å². The topological polar surface area (TPSA) is 34.0 Å². The molecule has 4 nitrogen and oxygen atoms in total. The van der Waals surface area contributed by atoms with Crippen molar-refractivity contribution in [3.8, 4) is 5.75 Å². The predicted octanol–water partition coefficient (Wildman–Crippen LogP) is 2.04. The van der Waals surface area contributed by atoms with Crippen LogP contribution >= 0.6 is 0 Å². The summed E-state index contributed by atoms with van der Waals surface area (Å²) in [5.41, 5.74) is 3.91. The van der Waals surface area contributed by atoms with Crippen molar-refractivity contribution in [2.75, 3.05) is 26.2 Å². The Kier molecular flexibility index (Phi) is 5.17. The Morgan fingerprint density at radius 3 is 2.48 bits per heavy atom. The highest BCUT2D eigenvalue weighted by Crippen LogP contribution is 2.28. The Labute approximate surface area is 161 Å². The van der Waals surface area contributed by atoms with E-state index >= 15 is 0 Å². The van der Waals surface area contributed by atoms with E-state index in [2.05, 4.69) is 44.2 Å². The number of piperazine rings is 1. The average Bonchev–Trinajstić information content (AvgIpc) is 3.13. The Balaban J connectivity index is 1.28. The van der Waals surface area contributed by atoms with Gasteiger partial charge in [-0.2, -0.15) is 0 Å². The standard InChI is InChI=1S/C23H28N2O2/c1-17(2)19-9-7-18(8-10-19)16-24-11-13-25(14-12-24)23(26)22-15-20-5-3-4-6-21(20)27-22/h3-10,17,22H,11-16H2,1-2H3/p+1/t22-/m0/s1. The van der Waals surface area contributed by atoms with Crippen molar-refractivity contribution in [1.29, 1.82) is 0 Å². The zero-order chi connectivity index (χ0) is 18.8. The van der Waals surface area contributed by atoms with Gasteiger partial charge in [0.15, 0.2) is 6.10 Å². The fourth-order valence-corrected chi connectivity index (χ4v) is 4.05. The van der Waals surface area contributed by atoms with Crippen LogP contribution in [0.25, 0.3) is 0 Å². The van der Waals surface area contributed by atoms with Crippen LogP contribution in [0.3, 0.4) is 0 Å². The number of fused-ring (bicyclic) bond motifs is 1. The van der Waals surface area contributed by atoms with Gasteiger partial charge in [-0.15, -0.1) is 0 Å². The summed E-state index contributed by atoms with van der Waals surface area (Å²) in [6, 6.07) is 17.0. The highest BCUT2D eigenvalue weighted by molar-refractivity contribution is 5.82. The van der Waals surface area contributed by atoms with Crippen molar-refractivity contribution in [2.24, 2.45) is 0 Å². The van der Waals surface area contributed by atoms with Crippen molar-refractivity contribution in [1.82, 2.24) is 4.90 Å². The number of carbonyl (C=O) groups is 1. The third kappa shape index (κ3) is 4.01. The number of carbonyl (C=O) groups excluding carboxylic acids is 1. The third-order valence-electron chi connectivity index (χ3n) is 5.81. The molecule has 0 saturated carbocycles. The molecule has 0 aliphatic carbocycles.